The number of thioether (sulfide) groups is 1. The molecule has 0 aliphatic carbocycles. The molecule has 45 heavy (non-hydrogen) atoms. The Labute approximate surface area is 271 Å². The van der Waals surface area contributed by atoms with E-state index in [0.717, 1.165) is 27.8 Å². The molecule has 4 aromatic rings. The van der Waals surface area contributed by atoms with Gasteiger partial charge < -0.3 is 20.6 Å². The number of benzene rings is 3. The molecule has 228 valence electrons. The maximum Gasteiger partial charge on any atom is 0.353 e. The average molecular weight is 660 g/mol. The monoisotopic (exact) mass is 659 g/mol. The van der Waals surface area contributed by atoms with Crippen LogP contribution in [-0.2, 0) is 31.4 Å². The molecule has 0 radical (unpaired) electrons. The summed E-state index contributed by atoms with van der Waals surface area (Å²) in [7, 11) is 0. The second-order valence-electron chi connectivity index (χ2n) is 10.1. The number of carbonyl (C=O) groups is 3. The van der Waals surface area contributed by atoms with Gasteiger partial charge in [-0.3, -0.25) is 14.5 Å². The highest BCUT2D eigenvalue weighted by Crippen LogP contribution is 2.42. The number of anilines is 1. The molecular weight excluding hydrogens is 634 g/mol. The van der Waals surface area contributed by atoms with Crippen LogP contribution < -0.4 is 10.6 Å². The summed E-state index contributed by atoms with van der Waals surface area (Å²) in [4.78, 5) is 47.6. The van der Waals surface area contributed by atoms with Crippen LogP contribution in [0.15, 0.2) is 112 Å². The Morgan fingerprint density at radius 1 is 1.02 bits per heavy atom. The van der Waals surface area contributed by atoms with Crippen molar-refractivity contribution < 1.29 is 24.3 Å². The molecule has 3 heterocycles. The molecule has 6 rings (SSSR count). The average Bonchev–Trinajstić information content (AvgIpc) is 3.52. The first-order valence-corrected chi connectivity index (χ1v) is 16.1. The number of carboxylic acid groups (broad SMARTS) is 1. The second kappa shape index (κ2) is 13.1. The standard InChI is InChI=1S/C32H26ClN5O5S2/c33-24-19-44-29-26(28(40)38(29)27(24)30(41)42)36-25(39)16-34-43-17-23-18-45-31(35-23)37-32(20-10-4-1-5-11-20,21-12-6-2-7-13-21)22-14-8-3-9-15-22/h1-16,18,26,29H,17,19H2,(H,35,37)(H,36,39)(H,41,42)/t26-,29+/m1/s1. The number of β-lactam (4-membered cyclic amide) rings is 1. The summed E-state index contributed by atoms with van der Waals surface area (Å²) in [5.41, 5.74) is 2.76. The molecule has 1 saturated heterocycles. The molecule has 13 heteroatoms. The summed E-state index contributed by atoms with van der Waals surface area (Å²) in [5, 5.41) is 21.4. The zero-order chi connectivity index (χ0) is 31.4. The zero-order valence-corrected chi connectivity index (χ0v) is 25.9. The van der Waals surface area contributed by atoms with Crippen LogP contribution in [0.2, 0.25) is 0 Å². The molecule has 2 amide bonds. The van der Waals surface area contributed by atoms with Crippen LogP contribution in [-0.4, -0.2) is 56.2 Å². The van der Waals surface area contributed by atoms with Gasteiger partial charge in [0.15, 0.2) is 11.7 Å². The molecule has 1 fully saturated rings. The molecule has 2 atom stereocenters. The molecular formula is C32H26ClN5O5S2. The largest absolute Gasteiger partial charge is 0.477 e. The molecule has 2 aliphatic heterocycles. The number of hydrogen-bond acceptors (Lipinski definition) is 9. The van der Waals surface area contributed by atoms with Crippen molar-refractivity contribution in [1.29, 1.82) is 0 Å². The number of carbonyl (C=O) groups excluding carboxylic acids is 2. The first-order chi connectivity index (χ1) is 21.9. The lowest BCUT2D eigenvalue weighted by Crippen LogP contribution is -2.70. The van der Waals surface area contributed by atoms with E-state index in [1.54, 1.807) is 0 Å². The van der Waals surface area contributed by atoms with Gasteiger partial charge in [0.1, 0.15) is 28.9 Å². The van der Waals surface area contributed by atoms with Crippen LogP contribution in [0.5, 0.6) is 0 Å². The maximum atomic E-state index is 12.5. The minimum absolute atomic E-state index is 0.0108. The zero-order valence-electron chi connectivity index (χ0n) is 23.5. The lowest BCUT2D eigenvalue weighted by atomic mass is 9.77. The number of aliphatic carboxylic acids is 1. The molecule has 0 bridgehead atoms. The SMILES string of the molecule is O=C(C=NOCc1csc(NC(c2ccccc2)(c2ccccc2)c2ccccc2)n1)N[C@@H]1C(=O)N2C(C(=O)O)=C(Cl)CS[C@@H]12. The predicted molar refractivity (Wildman–Crippen MR) is 174 cm³/mol. The normalized spacial score (nSPS) is 17.9. The number of carboxylic acids is 1. The van der Waals surface area contributed by atoms with E-state index in [9.17, 15) is 19.5 Å². The van der Waals surface area contributed by atoms with Crippen LogP contribution >= 0.6 is 34.7 Å². The molecule has 10 nitrogen and oxygen atoms in total. The number of hydrogen-bond donors (Lipinski definition) is 3. The van der Waals surface area contributed by atoms with Gasteiger partial charge in [-0.25, -0.2) is 9.78 Å². The van der Waals surface area contributed by atoms with Gasteiger partial charge in [-0.15, -0.1) is 23.1 Å². The molecule has 0 unspecified atom stereocenters. The fourth-order valence-electron chi connectivity index (χ4n) is 5.33. The van der Waals surface area contributed by atoms with Gasteiger partial charge in [-0.2, -0.15) is 0 Å². The van der Waals surface area contributed by atoms with Crippen molar-refractivity contribution in [3.05, 3.63) is 129 Å². The highest BCUT2D eigenvalue weighted by molar-refractivity contribution is 8.00. The van der Waals surface area contributed by atoms with Crippen molar-refractivity contribution >= 4 is 63.8 Å². The van der Waals surface area contributed by atoms with Crippen LogP contribution in [0.1, 0.15) is 22.4 Å². The van der Waals surface area contributed by atoms with E-state index in [0.29, 0.717) is 10.8 Å². The summed E-state index contributed by atoms with van der Waals surface area (Å²) in [6.45, 7) is 0.0108. The van der Waals surface area contributed by atoms with E-state index in [2.05, 4.69) is 52.2 Å². The van der Waals surface area contributed by atoms with E-state index in [1.165, 1.54) is 23.1 Å². The fraction of sp³-hybridized carbons (Fsp3) is 0.156. The van der Waals surface area contributed by atoms with Gasteiger partial charge in [0.2, 0.25) is 0 Å². The van der Waals surface area contributed by atoms with E-state index >= 15 is 0 Å². The van der Waals surface area contributed by atoms with Gasteiger partial charge in [0, 0.05) is 11.1 Å². The van der Waals surface area contributed by atoms with Crippen molar-refractivity contribution in [2.75, 3.05) is 11.1 Å². The summed E-state index contributed by atoms with van der Waals surface area (Å²) in [6, 6.07) is 29.7. The quantitative estimate of drug-likeness (QED) is 0.0889. The van der Waals surface area contributed by atoms with Crippen LogP contribution in [0.25, 0.3) is 0 Å². The molecule has 3 N–H and O–H groups in total. The predicted octanol–water partition coefficient (Wildman–Crippen LogP) is 4.98. The van der Waals surface area contributed by atoms with Gasteiger partial charge in [0.25, 0.3) is 11.8 Å². The number of halogens is 1. The van der Waals surface area contributed by atoms with E-state index in [4.69, 9.17) is 21.4 Å². The van der Waals surface area contributed by atoms with Gasteiger partial charge in [0.05, 0.1) is 10.7 Å². The second-order valence-corrected chi connectivity index (χ2v) is 12.5. The van der Waals surface area contributed by atoms with Crippen molar-refractivity contribution in [2.45, 2.75) is 23.6 Å². The third-order valence-corrected chi connectivity index (χ3v) is 9.90. The molecule has 0 saturated carbocycles. The lowest BCUT2D eigenvalue weighted by molar-refractivity contribution is -0.150. The van der Waals surface area contributed by atoms with Crippen molar-refractivity contribution in [2.24, 2.45) is 5.16 Å². The number of amides is 2. The first-order valence-electron chi connectivity index (χ1n) is 13.8. The lowest BCUT2D eigenvalue weighted by Gasteiger charge is -2.48. The molecule has 2 aliphatic rings. The number of aromatic nitrogens is 1. The van der Waals surface area contributed by atoms with Gasteiger partial charge in [-0.1, -0.05) is 108 Å². The Kier molecular flexibility index (Phi) is 8.87. The number of oxime groups is 1. The molecule has 0 spiro atoms. The van der Waals surface area contributed by atoms with Crippen molar-refractivity contribution in [1.82, 2.24) is 15.2 Å². The van der Waals surface area contributed by atoms with Crippen LogP contribution in [0, 0.1) is 0 Å². The van der Waals surface area contributed by atoms with E-state index in [-0.39, 0.29) is 23.1 Å². The van der Waals surface area contributed by atoms with Crippen molar-refractivity contribution in [3.8, 4) is 0 Å². The topological polar surface area (TPSA) is 133 Å². The minimum atomic E-state index is -1.29. The van der Waals surface area contributed by atoms with Crippen LogP contribution in [0.3, 0.4) is 0 Å². The summed E-state index contributed by atoms with van der Waals surface area (Å²) in [5.74, 6) is -2.25. The molecule has 1 aromatic heterocycles. The highest BCUT2D eigenvalue weighted by Gasteiger charge is 2.54. The van der Waals surface area contributed by atoms with Gasteiger partial charge >= 0.3 is 5.97 Å². The Hall–Kier alpha value is -4.65. The number of thiazole rings is 1. The smallest absolute Gasteiger partial charge is 0.353 e. The Bertz CT molecular complexity index is 1670. The first kappa shape index (κ1) is 30.4. The number of nitrogens with zero attached hydrogens (tertiary/aromatic N) is 3. The fourth-order valence-corrected chi connectivity index (χ4v) is 7.63. The number of rotatable bonds is 11. The summed E-state index contributed by atoms with van der Waals surface area (Å²) < 4.78 is 0. The number of fused-ring (bicyclic) bond motifs is 1. The third kappa shape index (κ3) is 6.04. The highest BCUT2D eigenvalue weighted by atomic mass is 35.5. The van der Waals surface area contributed by atoms with Crippen LogP contribution in [0.4, 0.5) is 5.13 Å². The Morgan fingerprint density at radius 3 is 2.16 bits per heavy atom. The van der Waals surface area contributed by atoms with Crippen molar-refractivity contribution in [3.63, 3.8) is 0 Å². The van der Waals surface area contributed by atoms with Gasteiger partial charge in [-0.05, 0) is 16.7 Å². The maximum absolute atomic E-state index is 12.5. The Balaban J connectivity index is 1.12. The summed E-state index contributed by atoms with van der Waals surface area (Å²) in [6.07, 6.45) is 0.932. The van der Waals surface area contributed by atoms with E-state index in [1.807, 2.05) is 60.0 Å². The third-order valence-electron chi connectivity index (χ3n) is 7.35. The molecule has 3 aromatic carbocycles. The van der Waals surface area contributed by atoms with E-state index < -0.39 is 34.7 Å². The minimum Gasteiger partial charge on any atom is -0.477 e. The summed E-state index contributed by atoms with van der Waals surface area (Å²) >= 11 is 8.69. The Morgan fingerprint density at radius 2 is 1.60 bits per heavy atom. The number of nitrogens with one attached hydrogen (secondary N) is 2.